The SMILES string of the molecule is CN(CC1CC1)c1nc2c(s1)C(=O)CC(C)(C)C2. The molecule has 1 aromatic heterocycles. The number of hydrogen-bond donors (Lipinski definition) is 0. The standard InChI is InChI=1S/C14H20N2OS/c1-14(2)6-10-12(11(17)7-14)18-13(15-10)16(3)8-9-4-5-9/h9H,4-8H2,1-3H3. The third-order valence-corrected chi connectivity index (χ3v) is 5.03. The van der Waals surface area contributed by atoms with Crippen molar-refractivity contribution in [2.24, 2.45) is 11.3 Å². The van der Waals surface area contributed by atoms with Gasteiger partial charge < -0.3 is 4.90 Å². The summed E-state index contributed by atoms with van der Waals surface area (Å²) in [6.45, 7) is 5.39. The minimum absolute atomic E-state index is 0.0739. The fourth-order valence-corrected chi connectivity index (χ4v) is 3.63. The zero-order valence-corrected chi connectivity index (χ0v) is 12.1. The van der Waals surface area contributed by atoms with Crippen molar-refractivity contribution < 1.29 is 4.79 Å². The average molecular weight is 264 g/mol. The molecule has 0 N–H and O–H groups in total. The molecule has 98 valence electrons. The monoisotopic (exact) mass is 264 g/mol. The average Bonchev–Trinajstić information content (AvgIpc) is 2.94. The maximum absolute atomic E-state index is 12.1. The molecule has 2 aliphatic rings. The molecule has 0 unspecified atom stereocenters. The first-order valence-corrected chi connectivity index (χ1v) is 7.50. The number of Topliss-reactive ketones (excluding diaryl/α,β-unsaturated/α-hetero) is 1. The third kappa shape index (κ3) is 2.30. The Morgan fingerprint density at radius 1 is 1.39 bits per heavy atom. The summed E-state index contributed by atoms with van der Waals surface area (Å²) in [6.07, 6.45) is 4.29. The van der Waals surface area contributed by atoms with E-state index < -0.39 is 0 Å². The molecule has 1 saturated carbocycles. The van der Waals surface area contributed by atoms with E-state index in [2.05, 4.69) is 25.8 Å². The molecule has 1 fully saturated rings. The number of carbonyl (C=O) groups is 1. The van der Waals surface area contributed by atoms with Gasteiger partial charge in [0, 0.05) is 20.0 Å². The lowest BCUT2D eigenvalue weighted by Crippen LogP contribution is -2.26. The predicted molar refractivity (Wildman–Crippen MR) is 74.5 cm³/mol. The van der Waals surface area contributed by atoms with Crippen molar-refractivity contribution in [3.8, 4) is 0 Å². The molecule has 0 amide bonds. The van der Waals surface area contributed by atoms with E-state index in [0.29, 0.717) is 6.42 Å². The van der Waals surface area contributed by atoms with Crippen LogP contribution in [0.1, 0.15) is 48.5 Å². The number of thiazole rings is 1. The van der Waals surface area contributed by atoms with Crippen LogP contribution in [0.15, 0.2) is 0 Å². The molecule has 2 aliphatic carbocycles. The van der Waals surface area contributed by atoms with E-state index in [9.17, 15) is 4.79 Å². The summed E-state index contributed by atoms with van der Waals surface area (Å²) in [5.41, 5.74) is 1.10. The van der Waals surface area contributed by atoms with E-state index in [1.54, 1.807) is 11.3 Å². The maximum Gasteiger partial charge on any atom is 0.185 e. The fourth-order valence-electron chi connectivity index (χ4n) is 2.64. The molecule has 0 aliphatic heterocycles. The first-order valence-electron chi connectivity index (χ1n) is 6.69. The van der Waals surface area contributed by atoms with Gasteiger partial charge in [-0.15, -0.1) is 0 Å². The fraction of sp³-hybridized carbons (Fsp3) is 0.714. The topological polar surface area (TPSA) is 33.2 Å². The van der Waals surface area contributed by atoms with Crippen LogP contribution >= 0.6 is 11.3 Å². The minimum atomic E-state index is 0.0739. The summed E-state index contributed by atoms with van der Waals surface area (Å²) in [4.78, 5) is 20.0. The van der Waals surface area contributed by atoms with Gasteiger partial charge >= 0.3 is 0 Å². The van der Waals surface area contributed by atoms with Crippen LogP contribution in [0.25, 0.3) is 0 Å². The lowest BCUT2D eigenvalue weighted by molar-refractivity contribution is 0.0916. The van der Waals surface area contributed by atoms with Crippen LogP contribution in [0, 0.1) is 11.3 Å². The van der Waals surface area contributed by atoms with Gasteiger partial charge in [-0.2, -0.15) is 0 Å². The Bertz CT molecular complexity index is 488. The zero-order chi connectivity index (χ0) is 12.9. The lowest BCUT2D eigenvalue weighted by atomic mass is 9.78. The molecular formula is C14H20N2OS. The van der Waals surface area contributed by atoms with Crippen molar-refractivity contribution >= 4 is 22.3 Å². The summed E-state index contributed by atoms with van der Waals surface area (Å²) < 4.78 is 0. The normalized spacial score (nSPS) is 21.8. The Kier molecular flexibility index (Phi) is 2.73. The van der Waals surface area contributed by atoms with Crippen LogP contribution in [-0.4, -0.2) is 24.4 Å². The van der Waals surface area contributed by atoms with Crippen molar-refractivity contribution in [1.82, 2.24) is 4.98 Å². The second-order valence-electron chi connectivity index (χ2n) is 6.54. The first-order chi connectivity index (χ1) is 8.44. The summed E-state index contributed by atoms with van der Waals surface area (Å²) in [6, 6.07) is 0. The smallest absolute Gasteiger partial charge is 0.185 e. The van der Waals surface area contributed by atoms with Gasteiger partial charge in [0.05, 0.1) is 10.6 Å². The van der Waals surface area contributed by atoms with Gasteiger partial charge in [0.15, 0.2) is 10.9 Å². The molecule has 0 saturated heterocycles. The predicted octanol–water partition coefficient (Wildman–Crippen LogP) is 3.14. The van der Waals surface area contributed by atoms with Gasteiger partial charge in [-0.1, -0.05) is 25.2 Å². The highest BCUT2D eigenvalue weighted by atomic mass is 32.1. The molecule has 18 heavy (non-hydrogen) atoms. The highest BCUT2D eigenvalue weighted by molar-refractivity contribution is 7.17. The van der Waals surface area contributed by atoms with Crippen LogP contribution < -0.4 is 4.90 Å². The Balaban J connectivity index is 1.84. The molecular weight excluding hydrogens is 244 g/mol. The second-order valence-corrected chi connectivity index (χ2v) is 7.51. The van der Waals surface area contributed by atoms with Crippen LogP contribution in [0.5, 0.6) is 0 Å². The number of aromatic nitrogens is 1. The van der Waals surface area contributed by atoms with E-state index in [0.717, 1.165) is 34.6 Å². The van der Waals surface area contributed by atoms with E-state index in [4.69, 9.17) is 4.98 Å². The lowest BCUT2D eigenvalue weighted by Gasteiger charge is -2.26. The van der Waals surface area contributed by atoms with E-state index in [1.807, 2.05) is 0 Å². The number of rotatable bonds is 3. The number of carbonyl (C=O) groups excluding carboxylic acids is 1. The van der Waals surface area contributed by atoms with Crippen molar-refractivity contribution in [1.29, 1.82) is 0 Å². The van der Waals surface area contributed by atoms with Gasteiger partial charge in [-0.25, -0.2) is 4.98 Å². The second kappa shape index (κ2) is 4.05. The molecule has 1 heterocycles. The number of hydrogen-bond acceptors (Lipinski definition) is 4. The van der Waals surface area contributed by atoms with Crippen molar-refractivity contribution in [3.63, 3.8) is 0 Å². The van der Waals surface area contributed by atoms with E-state index in [1.165, 1.54) is 12.8 Å². The Morgan fingerprint density at radius 2 is 2.11 bits per heavy atom. The molecule has 0 spiro atoms. The van der Waals surface area contributed by atoms with Gasteiger partial charge in [-0.05, 0) is 30.6 Å². The van der Waals surface area contributed by atoms with Crippen LogP contribution in [0.3, 0.4) is 0 Å². The molecule has 1 aromatic rings. The minimum Gasteiger partial charge on any atom is -0.351 e. The molecule has 0 bridgehead atoms. The van der Waals surface area contributed by atoms with E-state index in [-0.39, 0.29) is 11.2 Å². The number of ketones is 1. The van der Waals surface area contributed by atoms with Gasteiger partial charge in [0.1, 0.15) is 0 Å². The Hall–Kier alpha value is -0.900. The quantitative estimate of drug-likeness (QED) is 0.841. The van der Waals surface area contributed by atoms with Crippen molar-refractivity contribution in [2.75, 3.05) is 18.5 Å². The van der Waals surface area contributed by atoms with Crippen LogP contribution in [-0.2, 0) is 6.42 Å². The molecule has 0 aromatic carbocycles. The molecule has 0 atom stereocenters. The number of nitrogens with zero attached hydrogens (tertiary/aromatic N) is 2. The number of anilines is 1. The van der Waals surface area contributed by atoms with Crippen LogP contribution in [0.4, 0.5) is 5.13 Å². The summed E-state index contributed by atoms with van der Waals surface area (Å²) >= 11 is 1.59. The Morgan fingerprint density at radius 3 is 2.78 bits per heavy atom. The highest BCUT2D eigenvalue weighted by Crippen LogP contribution is 2.39. The Labute approximate surface area is 112 Å². The van der Waals surface area contributed by atoms with Gasteiger partial charge in [0.2, 0.25) is 0 Å². The summed E-state index contributed by atoms with van der Waals surface area (Å²) in [7, 11) is 2.10. The molecule has 3 nitrogen and oxygen atoms in total. The molecule has 0 radical (unpaired) electrons. The van der Waals surface area contributed by atoms with E-state index >= 15 is 0 Å². The highest BCUT2D eigenvalue weighted by Gasteiger charge is 2.34. The largest absolute Gasteiger partial charge is 0.351 e. The molecule has 3 rings (SSSR count). The van der Waals surface area contributed by atoms with Crippen LogP contribution in [0.2, 0.25) is 0 Å². The number of fused-ring (bicyclic) bond motifs is 1. The third-order valence-electron chi connectivity index (χ3n) is 3.78. The van der Waals surface area contributed by atoms with Crippen molar-refractivity contribution in [3.05, 3.63) is 10.6 Å². The van der Waals surface area contributed by atoms with Crippen molar-refractivity contribution in [2.45, 2.75) is 39.5 Å². The first kappa shape index (κ1) is 12.2. The summed E-state index contributed by atoms with van der Waals surface area (Å²) in [5, 5.41) is 1.03. The van der Waals surface area contributed by atoms with Gasteiger partial charge in [-0.3, -0.25) is 4.79 Å². The maximum atomic E-state index is 12.1. The zero-order valence-electron chi connectivity index (χ0n) is 11.3. The molecule has 4 heteroatoms. The summed E-state index contributed by atoms with van der Waals surface area (Å²) in [5.74, 6) is 1.13. The van der Waals surface area contributed by atoms with Gasteiger partial charge in [0.25, 0.3) is 0 Å².